The fourth-order valence-corrected chi connectivity index (χ4v) is 1.89. The van der Waals surface area contributed by atoms with Gasteiger partial charge in [0.15, 0.2) is 0 Å². The molecule has 1 amide bonds. The van der Waals surface area contributed by atoms with E-state index in [0.29, 0.717) is 18.5 Å². The van der Waals surface area contributed by atoms with Crippen LogP contribution in [0.15, 0.2) is 18.2 Å². The minimum Gasteiger partial charge on any atom is -0.481 e. The van der Waals surface area contributed by atoms with Crippen LogP contribution in [0.3, 0.4) is 0 Å². The van der Waals surface area contributed by atoms with Crippen LogP contribution in [0, 0.1) is 24.6 Å². The predicted octanol–water partition coefficient (Wildman–Crippen LogP) is 1.47. The molecular formula is C13H14FNO3. The van der Waals surface area contributed by atoms with E-state index in [2.05, 4.69) is 5.32 Å². The van der Waals surface area contributed by atoms with E-state index in [-0.39, 0.29) is 11.7 Å². The van der Waals surface area contributed by atoms with Crippen LogP contribution in [0.2, 0.25) is 0 Å². The number of hydrogen-bond donors (Lipinski definition) is 2. The Bertz CT molecular complexity index is 501. The second kappa shape index (κ2) is 4.76. The number of aliphatic carboxylic acids is 1. The minimum atomic E-state index is -0.923. The third-order valence-corrected chi connectivity index (χ3v) is 3.13. The molecule has 0 radical (unpaired) electrons. The minimum absolute atomic E-state index is 0.246. The van der Waals surface area contributed by atoms with Gasteiger partial charge in [0, 0.05) is 6.54 Å². The second-order valence-electron chi connectivity index (χ2n) is 4.59. The fourth-order valence-electron chi connectivity index (χ4n) is 1.89. The van der Waals surface area contributed by atoms with E-state index in [1.165, 1.54) is 6.07 Å². The fraction of sp³-hybridized carbons (Fsp3) is 0.385. The molecule has 1 fully saturated rings. The Balaban J connectivity index is 1.87. The summed E-state index contributed by atoms with van der Waals surface area (Å²) >= 11 is 0. The molecule has 1 aromatic carbocycles. The van der Waals surface area contributed by atoms with Crippen LogP contribution >= 0.6 is 0 Å². The molecule has 1 aromatic rings. The van der Waals surface area contributed by atoms with Crippen LogP contribution in [0.25, 0.3) is 0 Å². The van der Waals surface area contributed by atoms with Crippen LogP contribution in [-0.2, 0) is 16.1 Å². The van der Waals surface area contributed by atoms with Gasteiger partial charge in [-0.3, -0.25) is 9.59 Å². The van der Waals surface area contributed by atoms with Crippen molar-refractivity contribution in [1.82, 2.24) is 5.32 Å². The highest BCUT2D eigenvalue weighted by atomic mass is 19.1. The van der Waals surface area contributed by atoms with Gasteiger partial charge in [-0.2, -0.15) is 0 Å². The van der Waals surface area contributed by atoms with Crippen LogP contribution < -0.4 is 5.32 Å². The van der Waals surface area contributed by atoms with Gasteiger partial charge < -0.3 is 10.4 Å². The number of carboxylic acids is 1. The zero-order valence-electron chi connectivity index (χ0n) is 9.94. The quantitative estimate of drug-likeness (QED) is 0.851. The largest absolute Gasteiger partial charge is 0.481 e. The number of nitrogens with one attached hydrogen (secondary N) is 1. The van der Waals surface area contributed by atoms with Gasteiger partial charge in [0.1, 0.15) is 5.82 Å². The summed E-state index contributed by atoms with van der Waals surface area (Å²) in [6, 6.07) is 4.62. The summed E-state index contributed by atoms with van der Waals surface area (Å²) in [4.78, 5) is 22.2. The molecule has 4 nitrogen and oxygen atoms in total. The van der Waals surface area contributed by atoms with Crippen LogP contribution in [0.5, 0.6) is 0 Å². The molecule has 1 aliphatic carbocycles. The highest BCUT2D eigenvalue weighted by Crippen LogP contribution is 2.38. The van der Waals surface area contributed by atoms with Crippen molar-refractivity contribution < 1.29 is 19.1 Å². The van der Waals surface area contributed by atoms with Crippen LogP contribution in [0.1, 0.15) is 17.5 Å². The normalized spacial score (nSPS) is 21.4. The molecule has 1 saturated carbocycles. The summed E-state index contributed by atoms with van der Waals surface area (Å²) in [5.41, 5.74) is 1.33. The molecule has 1 aliphatic rings. The number of carbonyl (C=O) groups excluding carboxylic acids is 1. The highest BCUT2D eigenvalue weighted by molar-refractivity contribution is 5.89. The first-order valence-corrected chi connectivity index (χ1v) is 5.74. The lowest BCUT2D eigenvalue weighted by Gasteiger charge is -2.06. The maximum atomic E-state index is 13.0. The van der Waals surface area contributed by atoms with Crippen LogP contribution in [-0.4, -0.2) is 17.0 Å². The Hall–Kier alpha value is -1.91. The van der Waals surface area contributed by atoms with E-state index in [9.17, 15) is 14.0 Å². The Kier molecular flexibility index (Phi) is 3.32. The van der Waals surface area contributed by atoms with Crippen molar-refractivity contribution in [2.45, 2.75) is 19.9 Å². The third kappa shape index (κ3) is 2.67. The maximum absolute atomic E-state index is 13.0. The Labute approximate surface area is 104 Å². The summed E-state index contributed by atoms with van der Waals surface area (Å²) in [7, 11) is 0. The topological polar surface area (TPSA) is 66.4 Å². The van der Waals surface area contributed by atoms with Crippen molar-refractivity contribution in [3.8, 4) is 0 Å². The zero-order chi connectivity index (χ0) is 13.3. The second-order valence-corrected chi connectivity index (χ2v) is 4.59. The molecule has 96 valence electrons. The number of hydrogen-bond acceptors (Lipinski definition) is 2. The number of aryl methyl sites for hydroxylation is 1. The van der Waals surface area contributed by atoms with Gasteiger partial charge in [0.25, 0.3) is 0 Å². The van der Waals surface area contributed by atoms with E-state index in [1.807, 2.05) is 0 Å². The molecule has 0 unspecified atom stereocenters. The molecule has 0 spiro atoms. The Morgan fingerprint density at radius 3 is 2.72 bits per heavy atom. The summed E-state index contributed by atoms with van der Waals surface area (Å²) in [5, 5.41) is 11.4. The van der Waals surface area contributed by atoms with Crippen molar-refractivity contribution in [3.05, 3.63) is 35.1 Å². The number of rotatable bonds is 4. The van der Waals surface area contributed by atoms with E-state index in [0.717, 1.165) is 5.56 Å². The standard InChI is InChI=1S/C13H14FNO3/c1-7-4-8(2-3-11(7)14)6-15-12(16)9-5-10(9)13(17)18/h2-4,9-10H,5-6H2,1H3,(H,15,16)(H,17,18)/t9-,10+/m1/s1. The SMILES string of the molecule is Cc1cc(CNC(=O)[C@@H]2C[C@@H]2C(=O)O)ccc1F. The molecule has 0 saturated heterocycles. The van der Waals surface area contributed by atoms with Gasteiger partial charge in [-0.25, -0.2) is 4.39 Å². The molecule has 0 aliphatic heterocycles. The Morgan fingerprint density at radius 1 is 1.44 bits per heavy atom. The average molecular weight is 251 g/mol. The van der Waals surface area contributed by atoms with Crippen LogP contribution in [0.4, 0.5) is 4.39 Å². The van der Waals surface area contributed by atoms with Gasteiger partial charge in [-0.15, -0.1) is 0 Å². The van der Waals surface area contributed by atoms with E-state index < -0.39 is 17.8 Å². The van der Waals surface area contributed by atoms with Gasteiger partial charge in [0.2, 0.25) is 5.91 Å². The number of amides is 1. The smallest absolute Gasteiger partial charge is 0.307 e. The molecule has 0 heterocycles. The van der Waals surface area contributed by atoms with Gasteiger partial charge in [0.05, 0.1) is 11.8 Å². The first-order valence-electron chi connectivity index (χ1n) is 5.74. The molecule has 2 rings (SSSR count). The number of benzene rings is 1. The molecule has 5 heteroatoms. The maximum Gasteiger partial charge on any atom is 0.307 e. The molecular weight excluding hydrogens is 237 g/mol. The van der Waals surface area contributed by atoms with E-state index in [1.54, 1.807) is 19.1 Å². The first kappa shape index (κ1) is 12.5. The highest BCUT2D eigenvalue weighted by Gasteiger charge is 2.48. The van der Waals surface area contributed by atoms with Crippen molar-refractivity contribution in [3.63, 3.8) is 0 Å². The zero-order valence-corrected chi connectivity index (χ0v) is 9.94. The van der Waals surface area contributed by atoms with Crippen molar-refractivity contribution >= 4 is 11.9 Å². The summed E-state index contributed by atoms with van der Waals surface area (Å²) < 4.78 is 13.0. The van der Waals surface area contributed by atoms with Crippen molar-refractivity contribution in [1.29, 1.82) is 0 Å². The summed E-state index contributed by atoms with van der Waals surface area (Å²) in [5.74, 6) is -2.40. The van der Waals surface area contributed by atoms with E-state index in [4.69, 9.17) is 5.11 Å². The lowest BCUT2D eigenvalue weighted by atomic mass is 10.1. The summed E-state index contributed by atoms with van der Waals surface area (Å²) in [6.07, 6.45) is 0.406. The van der Waals surface area contributed by atoms with Gasteiger partial charge >= 0.3 is 5.97 Å². The summed E-state index contributed by atoms with van der Waals surface area (Å²) in [6.45, 7) is 1.95. The Morgan fingerprint density at radius 2 is 2.17 bits per heavy atom. The third-order valence-electron chi connectivity index (χ3n) is 3.13. The van der Waals surface area contributed by atoms with E-state index >= 15 is 0 Å². The average Bonchev–Trinajstić information content (AvgIpc) is 3.10. The molecule has 2 atom stereocenters. The van der Waals surface area contributed by atoms with Crippen molar-refractivity contribution in [2.24, 2.45) is 11.8 Å². The lowest BCUT2D eigenvalue weighted by Crippen LogP contribution is -2.25. The number of carbonyl (C=O) groups is 2. The monoisotopic (exact) mass is 251 g/mol. The molecule has 2 N–H and O–H groups in total. The van der Waals surface area contributed by atoms with Gasteiger partial charge in [-0.1, -0.05) is 12.1 Å². The lowest BCUT2D eigenvalue weighted by molar-refractivity contribution is -0.140. The first-order chi connectivity index (χ1) is 8.49. The number of halogens is 1. The number of carboxylic acid groups (broad SMARTS) is 1. The predicted molar refractivity (Wildman–Crippen MR) is 62.2 cm³/mol. The van der Waals surface area contributed by atoms with Gasteiger partial charge in [-0.05, 0) is 30.5 Å². The van der Waals surface area contributed by atoms with Crippen molar-refractivity contribution in [2.75, 3.05) is 0 Å². The molecule has 18 heavy (non-hydrogen) atoms. The molecule has 0 aromatic heterocycles. The molecule has 0 bridgehead atoms.